The van der Waals surface area contributed by atoms with Crippen LogP contribution < -0.4 is 11.2 Å². The van der Waals surface area contributed by atoms with Crippen molar-refractivity contribution < 1.29 is 8.42 Å². The van der Waals surface area contributed by atoms with E-state index >= 15 is 0 Å². The minimum absolute atomic E-state index is 0.00736. The van der Waals surface area contributed by atoms with Crippen LogP contribution in [0.1, 0.15) is 5.56 Å². The maximum Gasteiger partial charge on any atom is 0.329 e. The van der Waals surface area contributed by atoms with Crippen molar-refractivity contribution in [3.05, 3.63) is 55.4 Å². The number of hydrogen-bond donors (Lipinski definition) is 1. The minimum atomic E-state index is -4.02. The van der Waals surface area contributed by atoms with Gasteiger partial charge in [0.05, 0.1) is 28.5 Å². The Kier molecular flexibility index (Phi) is 4.14. The molecule has 0 atom stereocenters. The van der Waals surface area contributed by atoms with E-state index in [0.717, 1.165) is 10.6 Å². The highest BCUT2D eigenvalue weighted by atomic mass is 79.9. The molecule has 3 aromatic rings. The number of benzene rings is 1. The molecule has 11 heteroatoms. The van der Waals surface area contributed by atoms with Gasteiger partial charge in [0.1, 0.15) is 0 Å². The van der Waals surface area contributed by atoms with E-state index in [-0.39, 0.29) is 26.8 Å². The summed E-state index contributed by atoms with van der Waals surface area (Å²) >= 11 is 3.15. The molecule has 0 aliphatic carbocycles. The van der Waals surface area contributed by atoms with Crippen LogP contribution in [0.4, 0.5) is 0 Å². The summed E-state index contributed by atoms with van der Waals surface area (Å²) in [5.41, 5.74) is -0.375. The zero-order valence-electron chi connectivity index (χ0n) is 12.2. The van der Waals surface area contributed by atoms with Crippen molar-refractivity contribution in [3.8, 4) is 0 Å². The van der Waals surface area contributed by atoms with E-state index in [0.29, 0.717) is 5.56 Å². The van der Waals surface area contributed by atoms with Gasteiger partial charge in [-0.2, -0.15) is 5.10 Å². The van der Waals surface area contributed by atoms with Crippen molar-refractivity contribution >= 4 is 46.6 Å². The van der Waals surface area contributed by atoms with Gasteiger partial charge in [-0.25, -0.2) is 13.2 Å². The lowest BCUT2D eigenvalue weighted by Crippen LogP contribution is -2.35. The maximum atomic E-state index is 12.6. The third-order valence-corrected chi connectivity index (χ3v) is 5.36. The molecule has 126 valence electrons. The van der Waals surface area contributed by atoms with Gasteiger partial charge >= 0.3 is 5.69 Å². The highest BCUT2D eigenvalue weighted by Crippen LogP contribution is 2.25. The Balaban J connectivity index is 2.29. The second-order valence-corrected chi connectivity index (χ2v) is 8.53. The largest absolute Gasteiger partial charge is 0.329 e. The molecular formula is C13H10BrClN4O4S. The molecule has 0 aliphatic heterocycles. The molecule has 2 aromatic heterocycles. The number of H-pyrrole nitrogens is 1. The van der Waals surface area contributed by atoms with Gasteiger partial charge in [0.15, 0.2) is 0 Å². The monoisotopic (exact) mass is 432 g/mol. The molecule has 2 heterocycles. The first kappa shape index (κ1) is 16.9. The van der Waals surface area contributed by atoms with Crippen LogP contribution in [0, 0.1) is 0 Å². The molecule has 0 unspecified atom stereocenters. The summed E-state index contributed by atoms with van der Waals surface area (Å²) in [6.07, 6.45) is 3.21. The van der Waals surface area contributed by atoms with Gasteiger partial charge in [-0.05, 0) is 28.1 Å². The quantitative estimate of drug-likeness (QED) is 0.624. The van der Waals surface area contributed by atoms with Crippen molar-refractivity contribution in [1.29, 1.82) is 0 Å². The molecule has 0 fully saturated rings. The Hall–Kier alpha value is -1.91. The Bertz CT molecular complexity index is 1180. The van der Waals surface area contributed by atoms with Gasteiger partial charge in [-0.3, -0.25) is 14.0 Å². The molecule has 0 bridgehead atoms. The van der Waals surface area contributed by atoms with E-state index in [1.54, 1.807) is 17.9 Å². The van der Waals surface area contributed by atoms with E-state index in [1.165, 1.54) is 12.3 Å². The standard InChI is InChI=1S/C13H10BrClN4O4S/c1-18-5-7(4-16-18)6-19-12(20)9-2-8(24(15,22)23)3-10(14)11(9)17-13(19)21/h2-5H,6H2,1H3,(H,17,21). The number of rotatable bonds is 3. The highest BCUT2D eigenvalue weighted by molar-refractivity contribution is 9.10. The molecule has 0 spiro atoms. The lowest BCUT2D eigenvalue weighted by molar-refractivity contribution is 0.609. The summed E-state index contributed by atoms with van der Waals surface area (Å²) in [6, 6.07) is 2.37. The van der Waals surface area contributed by atoms with E-state index in [2.05, 4.69) is 26.0 Å². The van der Waals surface area contributed by atoms with Crippen LogP contribution in [0.25, 0.3) is 10.9 Å². The zero-order valence-corrected chi connectivity index (χ0v) is 15.3. The third kappa shape index (κ3) is 3.04. The second-order valence-electron chi connectivity index (χ2n) is 5.11. The lowest BCUT2D eigenvalue weighted by Gasteiger charge is -2.07. The van der Waals surface area contributed by atoms with Gasteiger partial charge in [0.2, 0.25) is 0 Å². The normalized spacial score (nSPS) is 12.0. The van der Waals surface area contributed by atoms with Gasteiger partial charge in [-0.15, -0.1) is 0 Å². The number of halogens is 2. The number of nitrogens with zero attached hydrogens (tertiary/aromatic N) is 3. The molecule has 3 rings (SSSR count). The molecule has 0 saturated carbocycles. The second kappa shape index (κ2) is 5.87. The molecule has 0 aliphatic rings. The number of aromatic amines is 1. The summed E-state index contributed by atoms with van der Waals surface area (Å²) in [5, 5.41) is 4.01. The molecule has 24 heavy (non-hydrogen) atoms. The zero-order chi connectivity index (χ0) is 17.6. The van der Waals surface area contributed by atoms with Crippen molar-refractivity contribution in [2.45, 2.75) is 11.4 Å². The smallest absolute Gasteiger partial charge is 0.306 e. The Morgan fingerprint density at radius 2 is 2.04 bits per heavy atom. The molecule has 0 saturated heterocycles. The summed E-state index contributed by atoms with van der Waals surface area (Å²) in [5.74, 6) is 0. The SMILES string of the molecule is Cn1cc(Cn2c(=O)[nH]c3c(Br)cc(S(=O)(=O)Cl)cc3c2=O)cn1. The highest BCUT2D eigenvalue weighted by Gasteiger charge is 2.17. The van der Waals surface area contributed by atoms with Gasteiger partial charge in [0, 0.05) is 34.0 Å². The Labute approximate surface area is 148 Å². The van der Waals surface area contributed by atoms with Crippen LogP contribution in [0.5, 0.6) is 0 Å². The molecule has 0 radical (unpaired) electrons. The van der Waals surface area contributed by atoms with Crippen LogP contribution in [-0.2, 0) is 22.6 Å². The van der Waals surface area contributed by atoms with E-state index in [1.807, 2.05) is 0 Å². The molecule has 0 amide bonds. The number of aryl methyl sites for hydroxylation is 1. The first-order chi connectivity index (χ1) is 11.2. The predicted octanol–water partition coefficient (Wildman–Crippen LogP) is 1.16. The van der Waals surface area contributed by atoms with Gasteiger partial charge in [-0.1, -0.05) is 0 Å². The van der Waals surface area contributed by atoms with Crippen LogP contribution in [0.15, 0.2) is 43.5 Å². The number of nitrogens with one attached hydrogen (secondary N) is 1. The topological polar surface area (TPSA) is 107 Å². The summed E-state index contributed by atoms with van der Waals surface area (Å²) in [6.45, 7) is 0.00736. The van der Waals surface area contributed by atoms with Crippen LogP contribution in [-0.4, -0.2) is 27.7 Å². The molecule has 1 aromatic carbocycles. The van der Waals surface area contributed by atoms with Gasteiger partial charge < -0.3 is 4.98 Å². The lowest BCUT2D eigenvalue weighted by atomic mass is 10.2. The van der Waals surface area contributed by atoms with E-state index in [9.17, 15) is 18.0 Å². The number of fused-ring (bicyclic) bond motifs is 1. The van der Waals surface area contributed by atoms with Gasteiger partial charge in [0.25, 0.3) is 14.6 Å². The molecule has 1 N–H and O–H groups in total. The average molecular weight is 434 g/mol. The number of aromatic nitrogens is 4. The van der Waals surface area contributed by atoms with Crippen molar-refractivity contribution in [3.63, 3.8) is 0 Å². The average Bonchev–Trinajstić information content (AvgIpc) is 2.89. The van der Waals surface area contributed by atoms with Crippen LogP contribution >= 0.6 is 26.6 Å². The third-order valence-electron chi connectivity index (χ3n) is 3.40. The summed E-state index contributed by atoms with van der Waals surface area (Å²) in [7, 11) is 3.04. The predicted molar refractivity (Wildman–Crippen MR) is 91.9 cm³/mol. The van der Waals surface area contributed by atoms with Crippen molar-refractivity contribution in [2.24, 2.45) is 7.05 Å². The summed E-state index contributed by atoms with van der Waals surface area (Å²) < 4.78 is 25.8. The van der Waals surface area contributed by atoms with Crippen molar-refractivity contribution in [2.75, 3.05) is 0 Å². The molecule has 8 nitrogen and oxygen atoms in total. The summed E-state index contributed by atoms with van der Waals surface area (Å²) in [4.78, 5) is 27.2. The fourth-order valence-electron chi connectivity index (χ4n) is 2.31. The van der Waals surface area contributed by atoms with Crippen LogP contribution in [0.2, 0.25) is 0 Å². The first-order valence-corrected chi connectivity index (χ1v) is 9.65. The Morgan fingerprint density at radius 3 is 2.62 bits per heavy atom. The van der Waals surface area contributed by atoms with E-state index < -0.39 is 20.3 Å². The molecular weight excluding hydrogens is 424 g/mol. The first-order valence-electron chi connectivity index (χ1n) is 6.55. The van der Waals surface area contributed by atoms with E-state index in [4.69, 9.17) is 10.7 Å². The fourth-order valence-corrected chi connectivity index (χ4v) is 3.81. The maximum absolute atomic E-state index is 12.6. The Morgan fingerprint density at radius 1 is 1.33 bits per heavy atom. The number of hydrogen-bond acceptors (Lipinski definition) is 5. The minimum Gasteiger partial charge on any atom is -0.306 e. The van der Waals surface area contributed by atoms with Crippen LogP contribution in [0.3, 0.4) is 0 Å². The van der Waals surface area contributed by atoms with Crippen molar-refractivity contribution in [1.82, 2.24) is 19.3 Å². The fraction of sp³-hybridized carbons (Fsp3) is 0.154.